The fourth-order valence-corrected chi connectivity index (χ4v) is 2.69. The van der Waals surface area contributed by atoms with Gasteiger partial charge in [-0.25, -0.2) is 0 Å². The van der Waals surface area contributed by atoms with E-state index in [1.165, 1.54) is 0 Å². The van der Waals surface area contributed by atoms with Gasteiger partial charge in [-0.1, -0.05) is 12.2 Å². The molecule has 0 atom stereocenters. The molecule has 0 radical (unpaired) electrons. The highest BCUT2D eigenvalue weighted by atomic mass is 16.2. The summed E-state index contributed by atoms with van der Waals surface area (Å²) in [5, 5.41) is 3.35. The van der Waals surface area contributed by atoms with E-state index >= 15 is 0 Å². The molecule has 1 amide bonds. The van der Waals surface area contributed by atoms with Crippen LogP contribution in [0.4, 0.5) is 0 Å². The van der Waals surface area contributed by atoms with Crippen molar-refractivity contribution in [1.29, 1.82) is 0 Å². The third kappa shape index (κ3) is 3.20. The summed E-state index contributed by atoms with van der Waals surface area (Å²) in [4.78, 5) is 14.4. The van der Waals surface area contributed by atoms with E-state index in [0.717, 1.165) is 31.6 Å². The first kappa shape index (κ1) is 14.6. The Morgan fingerprint density at radius 3 is 2.60 bits per heavy atom. The number of carbonyl (C=O) groups is 1. The van der Waals surface area contributed by atoms with Crippen LogP contribution in [0.3, 0.4) is 0 Å². The molecule has 0 spiro atoms. The highest BCUT2D eigenvalue weighted by Gasteiger charge is 2.22. The van der Waals surface area contributed by atoms with Crippen molar-refractivity contribution in [2.24, 2.45) is 0 Å². The van der Waals surface area contributed by atoms with Crippen molar-refractivity contribution in [3.63, 3.8) is 0 Å². The molecular weight excluding hydrogens is 250 g/mol. The summed E-state index contributed by atoms with van der Waals surface area (Å²) in [6.07, 6.45) is 7.65. The standard InChI is InChI=1S/C16H23N3O/c1-3-11-18(12-4-2)16(20)15-6-5-13-19(15)14-7-9-17-10-8-14/h3-6,13-14,17H,1-2,7-12H2. The molecule has 1 saturated heterocycles. The van der Waals surface area contributed by atoms with Gasteiger partial charge in [0.1, 0.15) is 5.69 Å². The van der Waals surface area contributed by atoms with Crippen LogP contribution in [-0.2, 0) is 0 Å². The van der Waals surface area contributed by atoms with Crippen molar-refractivity contribution in [3.05, 3.63) is 49.3 Å². The molecule has 2 rings (SSSR count). The van der Waals surface area contributed by atoms with Crippen molar-refractivity contribution in [1.82, 2.24) is 14.8 Å². The lowest BCUT2D eigenvalue weighted by molar-refractivity contribution is 0.0776. The minimum Gasteiger partial charge on any atom is -0.340 e. The second-order valence-electron chi connectivity index (χ2n) is 5.07. The third-order valence-corrected chi connectivity index (χ3v) is 3.69. The minimum atomic E-state index is 0.0494. The molecule has 1 aromatic heterocycles. The Labute approximate surface area is 120 Å². The van der Waals surface area contributed by atoms with Gasteiger partial charge in [0.05, 0.1) is 0 Å². The van der Waals surface area contributed by atoms with Crippen LogP contribution in [0.15, 0.2) is 43.6 Å². The van der Waals surface area contributed by atoms with Gasteiger partial charge in [-0.05, 0) is 38.1 Å². The maximum Gasteiger partial charge on any atom is 0.271 e. The van der Waals surface area contributed by atoms with Crippen molar-refractivity contribution >= 4 is 5.91 Å². The summed E-state index contributed by atoms with van der Waals surface area (Å²) in [5.41, 5.74) is 0.764. The van der Waals surface area contributed by atoms with Crippen LogP contribution in [0.1, 0.15) is 29.4 Å². The van der Waals surface area contributed by atoms with Crippen molar-refractivity contribution in [2.75, 3.05) is 26.2 Å². The Kier molecular flexibility index (Phi) is 5.18. The summed E-state index contributed by atoms with van der Waals surface area (Å²) >= 11 is 0. The largest absolute Gasteiger partial charge is 0.340 e. The van der Waals surface area contributed by atoms with Crippen LogP contribution >= 0.6 is 0 Å². The molecular formula is C16H23N3O. The molecule has 2 heterocycles. The first-order valence-corrected chi connectivity index (χ1v) is 7.16. The normalized spacial score (nSPS) is 15.8. The zero-order valence-corrected chi connectivity index (χ0v) is 11.9. The zero-order chi connectivity index (χ0) is 14.4. The maximum atomic E-state index is 12.6. The van der Waals surface area contributed by atoms with Gasteiger partial charge in [0.2, 0.25) is 0 Å². The van der Waals surface area contributed by atoms with Crippen molar-refractivity contribution in [3.8, 4) is 0 Å². The fraction of sp³-hybridized carbons (Fsp3) is 0.438. The number of hydrogen-bond acceptors (Lipinski definition) is 2. The molecule has 4 heteroatoms. The van der Waals surface area contributed by atoms with E-state index < -0.39 is 0 Å². The lowest BCUT2D eigenvalue weighted by Crippen LogP contribution is -2.35. The summed E-state index contributed by atoms with van der Waals surface area (Å²) in [6, 6.07) is 4.28. The Morgan fingerprint density at radius 1 is 1.35 bits per heavy atom. The van der Waals surface area contributed by atoms with Crippen molar-refractivity contribution in [2.45, 2.75) is 18.9 Å². The molecule has 0 aromatic carbocycles. The van der Waals surface area contributed by atoms with Gasteiger partial charge in [-0.3, -0.25) is 4.79 Å². The topological polar surface area (TPSA) is 37.3 Å². The van der Waals surface area contributed by atoms with Gasteiger partial charge in [0, 0.05) is 25.3 Å². The van der Waals surface area contributed by atoms with E-state index in [2.05, 4.69) is 23.0 Å². The number of carbonyl (C=O) groups excluding carboxylic acids is 1. The molecule has 1 fully saturated rings. The molecule has 1 N–H and O–H groups in total. The molecule has 20 heavy (non-hydrogen) atoms. The van der Waals surface area contributed by atoms with E-state index in [0.29, 0.717) is 19.1 Å². The summed E-state index contributed by atoms with van der Waals surface area (Å²) in [6.45, 7) is 10.5. The average molecular weight is 273 g/mol. The van der Waals surface area contributed by atoms with Gasteiger partial charge < -0.3 is 14.8 Å². The van der Waals surface area contributed by atoms with Gasteiger partial charge in [-0.15, -0.1) is 13.2 Å². The van der Waals surface area contributed by atoms with E-state index in [1.54, 1.807) is 17.1 Å². The first-order valence-electron chi connectivity index (χ1n) is 7.16. The van der Waals surface area contributed by atoms with Crippen LogP contribution in [0.25, 0.3) is 0 Å². The Bertz CT molecular complexity index is 462. The number of rotatable bonds is 6. The quantitative estimate of drug-likeness (QED) is 0.807. The Hall–Kier alpha value is -1.81. The summed E-state index contributed by atoms with van der Waals surface area (Å²) < 4.78 is 2.13. The lowest BCUT2D eigenvalue weighted by atomic mass is 10.1. The van der Waals surface area contributed by atoms with Gasteiger partial charge in [-0.2, -0.15) is 0 Å². The maximum absolute atomic E-state index is 12.6. The lowest BCUT2D eigenvalue weighted by Gasteiger charge is -2.27. The van der Waals surface area contributed by atoms with Crippen LogP contribution < -0.4 is 5.32 Å². The van der Waals surface area contributed by atoms with Gasteiger partial charge in [0.15, 0.2) is 0 Å². The highest BCUT2D eigenvalue weighted by molar-refractivity contribution is 5.93. The number of hydrogen-bond donors (Lipinski definition) is 1. The molecule has 1 aliphatic heterocycles. The molecule has 1 aromatic rings. The van der Waals surface area contributed by atoms with Crippen LogP contribution in [0, 0.1) is 0 Å². The van der Waals surface area contributed by atoms with E-state index in [1.807, 2.05) is 18.3 Å². The van der Waals surface area contributed by atoms with Crippen LogP contribution in [-0.4, -0.2) is 41.6 Å². The fourth-order valence-electron chi connectivity index (χ4n) is 2.69. The number of nitrogens with one attached hydrogen (secondary N) is 1. The summed E-state index contributed by atoms with van der Waals surface area (Å²) in [5.74, 6) is 0.0494. The third-order valence-electron chi connectivity index (χ3n) is 3.69. The average Bonchev–Trinajstić information content (AvgIpc) is 2.96. The van der Waals surface area contributed by atoms with E-state index in [-0.39, 0.29) is 5.91 Å². The Balaban J connectivity index is 2.18. The molecule has 0 bridgehead atoms. The highest BCUT2D eigenvalue weighted by Crippen LogP contribution is 2.22. The zero-order valence-electron chi connectivity index (χ0n) is 11.9. The minimum absolute atomic E-state index is 0.0494. The first-order chi connectivity index (χ1) is 9.77. The predicted octanol–water partition coefficient (Wildman–Crippen LogP) is 2.23. The second-order valence-corrected chi connectivity index (χ2v) is 5.07. The van der Waals surface area contributed by atoms with Crippen LogP contribution in [0.2, 0.25) is 0 Å². The smallest absolute Gasteiger partial charge is 0.271 e. The molecule has 0 unspecified atom stereocenters. The SMILES string of the molecule is C=CCN(CC=C)C(=O)c1cccn1C1CCNCC1. The summed E-state index contributed by atoms with van der Waals surface area (Å²) in [7, 11) is 0. The number of amides is 1. The second kappa shape index (κ2) is 7.10. The molecule has 108 valence electrons. The van der Waals surface area contributed by atoms with E-state index in [4.69, 9.17) is 0 Å². The molecule has 0 aliphatic carbocycles. The molecule has 1 aliphatic rings. The number of piperidine rings is 1. The molecule has 4 nitrogen and oxygen atoms in total. The number of nitrogens with zero attached hydrogens (tertiary/aromatic N) is 2. The van der Waals surface area contributed by atoms with Gasteiger partial charge >= 0.3 is 0 Å². The monoisotopic (exact) mass is 273 g/mol. The van der Waals surface area contributed by atoms with Crippen molar-refractivity contribution < 1.29 is 4.79 Å². The molecule has 0 saturated carbocycles. The van der Waals surface area contributed by atoms with E-state index in [9.17, 15) is 4.79 Å². The van der Waals surface area contributed by atoms with Gasteiger partial charge in [0.25, 0.3) is 5.91 Å². The van der Waals surface area contributed by atoms with Crippen LogP contribution in [0.5, 0.6) is 0 Å². The Morgan fingerprint density at radius 2 is 2.00 bits per heavy atom. The number of aromatic nitrogens is 1. The predicted molar refractivity (Wildman–Crippen MR) is 81.9 cm³/mol.